The smallest absolute Gasteiger partial charge is 0.337 e. The van der Waals surface area contributed by atoms with Crippen molar-refractivity contribution >= 4 is 11.5 Å². The molecule has 4 heteroatoms. The van der Waals surface area contributed by atoms with Crippen LogP contribution in [-0.4, -0.2) is 31.1 Å². The second-order valence-electron chi connectivity index (χ2n) is 6.42. The van der Waals surface area contributed by atoms with E-state index in [0.717, 1.165) is 43.6 Å². The number of esters is 1. The van der Waals surface area contributed by atoms with Crippen LogP contribution in [-0.2, 0) is 11.3 Å². The minimum Gasteiger partial charge on any atom is -0.465 e. The maximum atomic E-state index is 11.5. The fourth-order valence-electron chi connectivity index (χ4n) is 3.31. The van der Waals surface area contributed by atoms with Crippen LogP contribution < -0.4 is 0 Å². The first-order valence-corrected chi connectivity index (χ1v) is 8.78. The first-order chi connectivity index (χ1) is 12.7. The number of carbonyl (C=O) groups is 1. The van der Waals surface area contributed by atoms with Crippen molar-refractivity contribution in [3.05, 3.63) is 76.9 Å². The molecule has 0 radical (unpaired) electrons. The number of hydrogen-bond acceptors (Lipinski definition) is 4. The SMILES string of the molecule is COC(=O)c1ccc(C(C#N)=C2CCN(Cc3ccccc3)CC2)cc1. The van der Waals surface area contributed by atoms with E-state index in [1.807, 2.05) is 18.2 Å². The summed E-state index contributed by atoms with van der Waals surface area (Å²) in [4.78, 5) is 14.0. The summed E-state index contributed by atoms with van der Waals surface area (Å²) in [5, 5.41) is 9.64. The molecule has 0 unspecified atom stereocenters. The summed E-state index contributed by atoms with van der Waals surface area (Å²) >= 11 is 0. The van der Waals surface area contributed by atoms with E-state index in [4.69, 9.17) is 4.74 Å². The molecule has 0 aromatic heterocycles. The first kappa shape index (κ1) is 17.9. The van der Waals surface area contributed by atoms with Crippen LogP contribution in [0.2, 0.25) is 0 Å². The van der Waals surface area contributed by atoms with Crippen molar-refractivity contribution in [3.63, 3.8) is 0 Å². The van der Waals surface area contributed by atoms with Gasteiger partial charge in [0.05, 0.1) is 24.3 Å². The molecule has 0 aliphatic carbocycles. The molecule has 1 fully saturated rings. The standard InChI is InChI=1S/C22H22N2O2/c1-26-22(25)20-9-7-18(8-10-20)21(15-23)19-11-13-24(14-12-19)16-17-5-3-2-4-6-17/h2-10H,11-14,16H2,1H3. The molecule has 1 aliphatic rings. The van der Waals surface area contributed by atoms with Gasteiger partial charge in [-0.1, -0.05) is 42.5 Å². The van der Waals surface area contributed by atoms with E-state index in [-0.39, 0.29) is 5.97 Å². The fraction of sp³-hybridized carbons (Fsp3) is 0.273. The highest BCUT2D eigenvalue weighted by atomic mass is 16.5. The summed E-state index contributed by atoms with van der Waals surface area (Å²) in [5.74, 6) is -0.364. The predicted octanol–water partition coefficient (Wildman–Crippen LogP) is 4.05. The lowest BCUT2D eigenvalue weighted by molar-refractivity contribution is 0.0600. The van der Waals surface area contributed by atoms with E-state index in [0.29, 0.717) is 5.56 Å². The summed E-state index contributed by atoms with van der Waals surface area (Å²) in [6, 6.07) is 19.9. The van der Waals surface area contributed by atoms with Crippen LogP contribution in [0.5, 0.6) is 0 Å². The van der Waals surface area contributed by atoms with Crippen molar-refractivity contribution < 1.29 is 9.53 Å². The number of nitrogens with zero attached hydrogens (tertiary/aromatic N) is 2. The van der Waals surface area contributed by atoms with Gasteiger partial charge in [0.25, 0.3) is 0 Å². The minimum absolute atomic E-state index is 0.364. The third kappa shape index (κ3) is 4.19. The van der Waals surface area contributed by atoms with E-state index in [1.54, 1.807) is 12.1 Å². The zero-order valence-electron chi connectivity index (χ0n) is 14.9. The van der Waals surface area contributed by atoms with Crippen LogP contribution in [0.25, 0.3) is 5.57 Å². The molecule has 2 aromatic rings. The molecule has 0 spiro atoms. The summed E-state index contributed by atoms with van der Waals surface area (Å²) in [6.45, 7) is 2.86. The lowest BCUT2D eigenvalue weighted by atomic mass is 9.93. The van der Waals surface area contributed by atoms with Gasteiger partial charge < -0.3 is 4.74 Å². The van der Waals surface area contributed by atoms with Crippen LogP contribution in [0.3, 0.4) is 0 Å². The molecule has 1 aliphatic heterocycles. The fourth-order valence-corrected chi connectivity index (χ4v) is 3.31. The topological polar surface area (TPSA) is 53.3 Å². The molecule has 1 heterocycles. The van der Waals surface area contributed by atoms with Crippen LogP contribution >= 0.6 is 0 Å². The van der Waals surface area contributed by atoms with E-state index in [2.05, 4.69) is 35.2 Å². The van der Waals surface area contributed by atoms with Crippen LogP contribution in [0.4, 0.5) is 0 Å². The van der Waals surface area contributed by atoms with Crippen molar-refractivity contribution in [3.8, 4) is 6.07 Å². The largest absolute Gasteiger partial charge is 0.465 e. The second kappa shape index (κ2) is 8.46. The third-order valence-corrected chi connectivity index (χ3v) is 4.77. The maximum absolute atomic E-state index is 11.5. The number of allylic oxidation sites excluding steroid dienone is 1. The monoisotopic (exact) mass is 346 g/mol. The number of rotatable bonds is 4. The quantitative estimate of drug-likeness (QED) is 0.619. The number of benzene rings is 2. The molecule has 0 saturated carbocycles. The Kier molecular flexibility index (Phi) is 5.83. The van der Waals surface area contributed by atoms with Crippen molar-refractivity contribution in [2.75, 3.05) is 20.2 Å². The molecule has 26 heavy (non-hydrogen) atoms. The molecule has 132 valence electrons. The Morgan fingerprint density at radius 3 is 2.23 bits per heavy atom. The molecule has 0 atom stereocenters. The molecule has 1 saturated heterocycles. The molecule has 0 N–H and O–H groups in total. The third-order valence-electron chi connectivity index (χ3n) is 4.77. The average Bonchev–Trinajstić information content (AvgIpc) is 2.70. The average molecular weight is 346 g/mol. The number of nitriles is 1. The maximum Gasteiger partial charge on any atom is 0.337 e. The van der Waals surface area contributed by atoms with Crippen molar-refractivity contribution in [2.45, 2.75) is 19.4 Å². The molecular formula is C22H22N2O2. The predicted molar refractivity (Wildman–Crippen MR) is 101 cm³/mol. The normalized spacial score (nSPS) is 14.5. The van der Waals surface area contributed by atoms with Gasteiger partial charge in [-0.05, 0) is 41.7 Å². The minimum atomic E-state index is -0.364. The van der Waals surface area contributed by atoms with Gasteiger partial charge in [0.15, 0.2) is 0 Å². The second-order valence-corrected chi connectivity index (χ2v) is 6.42. The highest BCUT2D eigenvalue weighted by Crippen LogP contribution is 2.27. The van der Waals surface area contributed by atoms with Gasteiger partial charge in [0.2, 0.25) is 0 Å². The molecule has 0 bridgehead atoms. The zero-order chi connectivity index (χ0) is 18.4. The van der Waals surface area contributed by atoms with E-state index in [1.165, 1.54) is 18.2 Å². The Hall–Kier alpha value is -2.90. The van der Waals surface area contributed by atoms with Gasteiger partial charge in [-0.25, -0.2) is 4.79 Å². The highest BCUT2D eigenvalue weighted by Gasteiger charge is 2.18. The Morgan fingerprint density at radius 1 is 1.04 bits per heavy atom. The molecule has 0 amide bonds. The zero-order valence-corrected chi connectivity index (χ0v) is 14.9. The Morgan fingerprint density at radius 2 is 1.65 bits per heavy atom. The van der Waals surface area contributed by atoms with Gasteiger partial charge in [-0.3, -0.25) is 4.90 Å². The number of hydrogen-bond donors (Lipinski definition) is 0. The van der Waals surface area contributed by atoms with E-state index < -0.39 is 0 Å². The van der Waals surface area contributed by atoms with Gasteiger partial charge in [0, 0.05) is 19.6 Å². The van der Waals surface area contributed by atoms with E-state index >= 15 is 0 Å². The van der Waals surface area contributed by atoms with Crippen molar-refractivity contribution in [1.29, 1.82) is 5.26 Å². The van der Waals surface area contributed by atoms with Crippen LogP contribution in [0.1, 0.15) is 34.3 Å². The summed E-state index contributed by atoms with van der Waals surface area (Å²) in [6.07, 6.45) is 1.79. The Balaban J connectivity index is 1.69. The Bertz CT molecular complexity index is 823. The van der Waals surface area contributed by atoms with Crippen molar-refractivity contribution in [2.24, 2.45) is 0 Å². The lowest BCUT2D eigenvalue weighted by Gasteiger charge is -2.29. The number of carbonyl (C=O) groups excluding carboxylic acids is 1. The lowest BCUT2D eigenvalue weighted by Crippen LogP contribution is -2.30. The number of ether oxygens (including phenoxy) is 1. The van der Waals surface area contributed by atoms with Crippen LogP contribution in [0, 0.1) is 11.3 Å². The first-order valence-electron chi connectivity index (χ1n) is 8.78. The summed E-state index contributed by atoms with van der Waals surface area (Å²) in [7, 11) is 1.36. The summed E-state index contributed by atoms with van der Waals surface area (Å²) < 4.78 is 4.72. The molecule has 4 nitrogen and oxygen atoms in total. The molecular weight excluding hydrogens is 324 g/mol. The van der Waals surface area contributed by atoms with Gasteiger partial charge >= 0.3 is 5.97 Å². The van der Waals surface area contributed by atoms with Gasteiger partial charge in [-0.15, -0.1) is 0 Å². The number of likely N-dealkylation sites (tertiary alicyclic amines) is 1. The van der Waals surface area contributed by atoms with E-state index in [9.17, 15) is 10.1 Å². The molecule has 2 aromatic carbocycles. The van der Waals surface area contributed by atoms with Crippen molar-refractivity contribution in [1.82, 2.24) is 4.90 Å². The van der Waals surface area contributed by atoms with Gasteiger partial charge in [-0.2, -0.15) is 5.26 Å². The highest BCUT2D eigenvalue weighted by molar-refractivity contribution is 5.90. The number of methoxy groups -OCH3 is 1. The summed E-state index contributed by atoms with van der Waals surface area (Å²) in [5.41, 5.74) is 4.62. The van der Waals surface area contributed by atoms with Crippen LogP contribution in [0.15, 0.2) is 60.2 Å². The Labute approximate surface area is 154 Å². The van der Waals surface area contributed by atoms with Gasteiger partial charge in [0.1, 0.15) is 0 Å². The molecule has 3 rings (SSSR count). The number of piperidine rings is 1.